The summed E-state index contributed by atoms with van der Waals surface area (Å²) in [6.45, 7) is 7.38. The fourth-order valence-electron chi connectivity index (χ4n) is 1.33. The Hall–Kier alpha value is 0.210. The van der Waals surface area contributed by atoms with E-state index < -0.39 is 0 Å². The molecular weight excluding hydrogens is 148 g/mol. The molecule has 2 unspecified atom stereocenters. The van der Waals surface area contributed by atoms with E-state index >= 15 is 0 Å². The molecule has 3 heteroatoms. The molecule has 2 atom stereocenters. The van der Waals surface area contributed by atoms with Gasteiger partial charge in [-0.05, 0) is 20.8 Å². The summed E-state index contributed by atoms with van der Waals surface area (Å²) < 4.78 is 0. The number of hydrogen-bond donors (Lipinski definition) is 1. The van der Waals surface area contributed by atoms with Crippen LogP contribution in [-0.4, -0.2) is 29.0 Å². The molecule has 1 aliphatic heterocycles. The highest BCUT2D eigenvalue weighted by Gasteiger charge is 2.29. The summed E-state index contributed by atoms with van der Waals surface area (Å²) in [5.74, 6) is 0. The van der Waals surface area contributed by atoms with Crippen LogP contribution < -0.4 is 5.43 Å². The Labute approximate surface area is 67.5 Å². The molecule has 0 amide bonds. The average molecular weight is 163 g/mol. The van der Waals surface area contributed by atoms with Crippen LogP contribution >= 0.6 is 11.6 Å². The van der Waals surface area contributed by atoms with Gasteiger partial charge in [0.2, 0.25) is 0 Å². The number of nitrogens with one attached hydrogen (secondary N) is 1. The van der Waals surface area contributed by atoms with E-state index in [0.29, 0.717) is 12.1 Å². The van der Waals surface area contributed by atoms with Crippen molar-refractivity contribution in [2.45, 2.75) is 38.2 Å². The largest absolute Gasteiger partial charge is 0.253 e. The highest BCUT2D eigenvalue weighted by molar-refractivity contribution is 6.21. The van der Waals surface area contributed by atoms with E-state index in [-0.39, 0.29) is 5.38 Å². The van der Waals surface area contributed by atoms with Gasteiger partial charge in [-0.3, -0.25) is 5.43 Å². The van der Waals surface area contributed by atoms with Gasteiger partial charge in [-0.15, -0.1) is 11.6 Å². The molecule has 0 bridgehead atoms. The molecular formula is C7H15ClN2. The van der Waals surface area contributed by atoms with Crippen LogP contribution in [0.2, 0.25) is 0 Å². The predicted octanol–water partition coefficient (Wildman–Crippen LogP) is 1.21. The molecule has 0 spiro atoms. The van der Waals surface area contributed by atoms with Crippen molar-refractivity contribution in [2.75, 3.05) is 6.54 Å². The van der Waals surface area contributed by atoms with Crippen LogP contribution in [0.15, 0.2) is 0 Å². The quantitative estimate of drug-likeness (QED) is 0.584. The van der Waals surface area contributed by atoms with Gasteiger partial charge in [0.1, 0.15) is 0 Å². The Balaban J connectivity index is 2.49. The SMILES string of the molecule is CC(C)N1NCC(Cl)C1C. The van der Waals surface area contributed by atoms with Gasteiger partial charge in [0, 0.05) is 18.6 Å². The predicted molar refractivity (Wildman–Crippen MR) is 44.1 cm³/mol. The lowest BCUT2D eigenvalue weighted by molar-refractivity contribution is 0.152. The Morgan fingerprint density at radius 1 is 1.60 bits per heavy atom. The number of nitrogens with zero attached hydrogens (tertiary/aromatic N) is 1. The molecule has 1 rings (SSSR count). The van der Waals surface area contributed by atoms with Gasteiger partial charge in [0.05, 0.1) is 5.38 Å². The lowest BCUT2D eigenvalue weighted by atomic mass is 10.2. The van der Waals surface area contributed by atoms with Crippen molar-refractivity contribution in [1.82, 2.24) is 10.4 Å². The number of halogens is 1. The van der Waals surface area contributed by atoms with E-state index in [0.717, 1.165) is 6.54 Å². The van der Waals surface area contributed by atoms with Crippen LogP contribution in [0.3, 0.4) is 0 Å². The van der Waals surface area contributed by atoms with Crippen LogP contribution in [0.4, 0.5) is 0 Å². The number of rotatable bonds is 1. The summed E-state index contributed by atoms with van der Waals surface area (Å²) in [5, 5.41) is 2.47. The van der Waals surface area contributed by atoms with Gasteiger partial charge >= 0.3 is 0 Å². The lowest BCUT2D eigenvalue weighted by Crippen LogP contribution is -2.41. The number of alkyl halides is 1. The Morgan fingerprint density at radius 3 is 2.40 bits per heavy atom. The van der Waals surface area contributed by atoms with Crippen molar-refractivity contribution in [1.29, 1.82) is 0 Å². The van der Waals surface area contributed by atoms with Crippen LogP contribution in [0.25, 0.3) is 0 Å². The zero-order valence-electron chi connectivity index (χ0n) is 6.76. The Bertz CT molecular complexity index is 116. The van der Waals surface area contributed by atoms with Crippen LogP contribution in [0.1, 0.15) is 20.8 Å². The first-order chi connectivity index (χ1) is 4.63. The molecule has 10 heavy (non-hydrogen) atoms. The second kappa shape index (κ2) is 3.07. The Kier molecular flexibility index (Phi) is 2.55. The molecule has 1 saturated heterocycles. The summed E-state index contributed by atoms with van der Waals surface area (Å²) in [7, 11) is 0. The minimum absolute atomic E-state index is 0.266. The van der Waals surface area contributed by atoms with Crippen molar-refractivity contribution in [3.8, 4) is 0 Å². The van der Waals surface area contributed by atoms with Gasteiger partial charge < -0.3 is 0 Å². The van der Waals surface area contributed by atoms with Crippen molar-refractivity contribution in [2.24, 2.45) is 0 Å². The Morgan fingerprint density at radius 2 is 2.20 bits per heavy atom. The number of hydrogen-bond acceptors (Lipinski definition) is 2. The van der Waals surface area contributed by atoms with Gasteiger partial charge in [-0.2, -0.15) is 0 Å². The summed E-state index contributed by atoms with van der Waals surface area (Å²) in [6, 6.07) is 1.00. The molecule has 0 radical (unpaired) electrons. The highest BCUT2D eigenvalue weighted by Crippen LogP contribution is 2.16. The summed E-state index contributed by atoms with van der Waals surface area (Å²) in [6.07, 6.45) is 0. The van der Waals surface area contributed by atoms with Gasteiger partial charge in [-0.25, -0.2) is 5.01 Å². The molecule has 0 aromatic rings. The molecule has 0 aliphatic carbocycles. The van der Waals surface area contributed by atoms with Gasteiger partial charge in [0.25, 0.3) is 0 Å². The fraction of sp³-hybridized carbons (Fsp3) is 1.00. The third kappa shape index (κ3) is 1.44. The minimum Gasteiger partial charge on any atom is -0.253 e. The lowest BCUT2D eigenvalue weighted by Gasteiger charge is -2.25. The third-order valence-electron chi connectivity index (χ3n) is 1.99. The van der Waals surface area contributed by atoms with E-state index in [4.69, 9.17) is 11.6 Å². The van der Waals surface area contributed by atoms with Gasteiger partial charge in [0.15, 0.2) is 0 Å². The third-order valence-corrected chi connectivity index (χ3v) is 2.51. The van der Waals surface area contributed by atoms with Crippen LogP contribution in [0.5, 0.6) is 0 Å². The van der Waals surface area contributed by atoms with Crippen molar-refractivity contribution < 1.29 is 0 Å². The maximum absolute atomic E-state index is 6.00. The zero-order chi connectivity index (χ0) is 7.72. The van der Waals surface area contributed by atoms with Crippen LogP contribution in [0, 0.1) is 0 Å². The monoisotopic (exact) mass is 162 g/mol. The van der Waals surface area contributed by atoms with E-state index in [2.05, 4.69) is 31.2 Å². The molecule has 1 heterocycles. The van der Waals surface area contributed by atoms with E-state index in [9.17, 15) is 0 Å². The van der Waals surface area contributed by atoms with E-state index in [1.54, 1.807) is 0 Å². The molecule has 60 valence electrons. The van der Waals surface area contributed by atoms with Gasteiger partial charge in [-0.1, -0.05) is 0 Å². The first-order valence-electron chi connectivity index (χ1n) is 3.79. The molecule has 1 N–H and O–H groups in total. The zero-order valence-corrected chi connectivity index (χ0v) is 7.52. The molecule has 0 aromatic heterocycles. The van der Waals surface area contributed by atoms with Crippen molar-refractivity contribution in [3.63, 3.8) is 0 Å². The van der Waals surface area contributed by atoms with E-state index in [1.807, 2.05) is 0 Å². The maximum Gasteiger partial charge on any atom is 0.0641 e. The molecule has 2 nitrogen and oxygen atoms in total. The summed E-state index contributed by atoms with van der Waals surface area (Å²) >= 11 is 6.00. The first kappa shape index (κ1) is 8.31. The second-order valence-electron chi connectivity index (χ2n) is 3.12. The summed E-state index contributed by atoms with van der Waals surface area (Å²) in [4.78, 5) is 0. The standard InChI is InChI=1S/C7H15ClN2/c1-5(2)10-6(3)7(8)4-9-10/h5-7,9H,4H2,1-3H3. The smallest absolute Gasteiger partial charge is 0.0641 e. The second-order valence-corrected chi connectivity index (χ2v) is 3.68. The molecule has 1 fully saturated rings. The van der Waals surface area contributed by atoms with E-state index in [1.165, 1.54) is 0 Å². The number of hydrazine groups is 1. The average Bonchev–Trinajstić information content (AvgIpc) is 2.14. The fourth-order valence-corrected chi connectivity index (χ4v) is 1.52. The first-order valence-corrected chi connectivity index (χ1v) is 4.22. The molecule has 0 saturated carbocycles. The highest BCUT2D eigenvalue weighted by atomic mass is 35.5. The van der Waals surface area contributed by atoms with Crippen LogP contribution in [-0.2, 0) is 0 Å². The topological polar surface area (TPSA) is 15.3 Å². The van der Waals surface area contributed by atoms with Crippen molar-refractivity contribution >= 4 is 11.6 Å². The normalized spacial score (nSPS) is 35.7. The molecule has 1 aliphatic rings. The minimum atomic E-state index is 0.266. The summed E-state index contributed by atoms with van der Waals surface area (Å²) in [5.41, 5.74) is 3.26. The maximum atomic E-state index is 6.00. The van der Waals surface area contributed by atoms with Crippen molar-refractivity contribution in [3.05, 3.63) is 0 Å². The molecule has 0 aromatic carbocycles.